The van der Waals surface area contributed by atoms with Crippen LogP contribution in [0.2, 0.25) is 0 Å². The first-order chi connectivity index (χ1) is 13.5. The molecule has 0 N–H and O–H groups in total. The maximum absolute atomic E-state index is 13.4. The van der Waals surface area contributed by atoms with Crippen LogP contribution < -0.4 is 0 Å². The van der Waals surface area contributed by atoms with E-state index in [9.17, 15) is 4.79 Å². The van der Waals surface area contributed by atoms with E-state index in [0.29, 0.717) is 5.56 Å². The summed E-state index contributed by atoms with van der Waals surface area (Å²) in [5.41, 5.74) is 4.48. The van der Waals surface area contributed by atoms with E-state index >= 15 is 0 Å². The van der Waals surface area contributed by atoms with E-state index in [1.807, 2.05) is 15.6 Å². The number of carbonyl (C=O) groups is 1. The molecular formula is C23H30N4O. The number of aromatic nitrogens is 3. The van der Waals surface area contributed by atoms with E-state index in [4.69, 9.17) is 4.98 Å². The highest BCUT2D eigenvalue weighted by Crippen LogP contribution is 2.27. The first-order valence-corrected chi connectivity index (χ1v) is 10.2. The van der Waals surface area contributed by atoms with Gasteiger partial charge in [0.05, 0.1) is 22.8 Å². The predicted molar refractivity (Wildman–Crippen MR) is 115 cm³/mol. The zero-order chi connectivity index (χ0) is 20.3. The fraction of sp³-hybridized carbons (Fsp3) is 0.435. The van der Waals surface area contributed by atoms with Crippen molar-refractivity contribution in [2.75, 3.05) is 13.1 Å². The number of hydrogen-bond donors (Lipinski definition) is 0. The van der Waals surface area contributed by atoms with Crippen LogP contribution in [0, 0.1) is 6.92 Å². The number of nitrogens with zero attached hydrogens (tertiary/aromatic N) is 4. The second-order valence-electron chi connectivity index (χ2n) is 7.63. The van der Waals surface area contributed by atoms with Gasteiger partial charge in [0.15, 0.2) is 5.65 Å². The summed E-state index contributed by atoms with van der Waals surface area (Å²) in [6.45, 7) is 11.9. The van der Waals surface area contributed by atoms with Gasteiger partial charge in [-0.2, -0.15) is 5.10 Å². The van der Waals surface area contributed by atoms with E-state index in [1.54, 1.807) is 6.20 Å². The lowest BCUT2D eigenvalue weighted by molar-refractivity contribution is 0.0757. The summed E-state index contributed by atoms with van der Waals surface area (Å²) in [4.78, 5) is 20.2. The Bertz CT molecular complexity index is 951. The lowest BCUT2D eigenvalue weighted by atomic mass is 10.0. The van der Waals surface area contributed by atoms with Crippen molar-refractivity contribution in [1.29, 1.82) is 0 Å². The van der Waals surface area contributed by atoms with Gasteiger partial charge in [-0.3, -0.25) is 4.79 Å². The van der Waals surface area contributed by atoms with Gasteiger partial charge in [-0.1, -0.05) is 43.7 Å². The number of aryl methyl sites for hydroxylation is 1. The maximum Gasteiger partial charge on any atom is 0.254 e. The topological polar surface area (TPSA) is 51.0 Å². The van der Waals surface area contributed by atoms with E-state index in [2.05, 4.69) is 64.0 Å². The first-order valence-electron chi connectivity index (χ1n) is 10.2. The number of fused-ring (bicyclic) bond motifs is 1. The molecule has 148 valence electrons. The molecule has 0 spiro atoms. The van der Waals surface area contributed by atoms with Gasteiger partial charge < -0.3 is 4.90 Å². The van der Waals surface area contributed by atoms with Crippen LogP contribution in [-0.4, -0.2) is 38.7 Å². The van der Waals surface area contributed by atoms with Crippen LogP contribution >= 0.6 is 0 Å². The SMILES string of the molecule is CCCN(CCC)C(=O)c1cc(-c2ccc(C)cc2)nc2c1cnn2C(C)C. The molecule has 0 saturated carbocycles. The van der Waals surface area contributed by atoms with Gasteiger partial charge in [-0.25, -0.2) is 9.67 Å². The summed E-state index contributed by atoms with van der Waals surface area (Å²) in [7, 11) is 0. The van der Waals surface area contributed by atoms with Gasteiger partial charge in [-0.15, -0.1) is 0 Å². The van der Waals surface area contributed by atoms with Crippen LogP contribution in [-0.2, 0) is 0 Å². The minimum absolute atomic E-state index is 0.0627. The van der Waals surface area contributed by atoms with Crippen LogP contribution in [0.4, 0.5) is 0 Å². The van der Waals surface area contributed by atoms with E-state index in [0.717, 1.165) is 48.2 Å². The van der Waals surface area contributed by atoms with Crippen LogP contribution in [0.3, 0.4) is 0 Å². The molecule has 0 unspecified atom stereocenters. The van der Waals surface area contributed by atoms with Crippen molar-refractivity contribution in [3.05, 3.63) is 47.7 Å². The van der Waals surface area contributed by atoms with E-state index in [1.165, 1.54) is 5.56 Å². The summed E-state index contributed by atoms with van der Waals surface area (Å²) in [5.74, 6) is 0.0627. The average Bonchev–Trinajstić information content (AvgIpc) is 3.11. The predicted octanol–water partition coefficient (Wildman–Crippen LogP) is 5.25. The fourth-order valence-electron chi connectivity index (χ4n) is 3.47. The molecule has 0 aliphatic heterocycles. The minimum atomic E-state index is 0.0627. The third-order valence-electron chi connectivity index (χ3n) is 4.91. The Balaban J connectivity index is 2.19. The number of carbonyl (C=O) groups excluding carboxylic acids is 1. The quantitative estimate of drug-likeness (QED) is 0.564. The fourth-order valence-corrected chi connectivity index (χ4v) is 3.47. The molecular weight excluding hydrogens is 348 g/mol. The number of rotatable bonds is 7. The molecule has 5 heteroatoms. The first kappa shape index (κ1) is 20.1. The standard InChI is InChI=1S/C23H30N4O/c1-6-12-26(13-7-2)23(28)19-14-21(18-10-8-17(5)9-11-18)25-22-20(19)15-24-27(22)16(3)4/h8-11,14-16H,6-7,12-13H2,1-5H3. The molecule has 1 aromatic carbocycles. The Morgan fingerprint density at radius 1 is 1.11 bits per heavy atom. The van der Waals surface area contributed by atoms with Crippen LogP contribution in [0.1, 0.15) is 62.5 Å². The number of benzene rings is 1. The smallest absolute Gasteiger partial charge is 0.254 e. The second-order valence-corrected chi connectivity index (χ2v) is 7.63. The molecule has 0 radical (unpaired) electrons. The zero-order valence-electron chi connectivity index (χ0n) is 17.6. The lowest BCUT2D eigenvalue weighted by Crippen LogP contribution is -2.32. The van der Waals surface area contributed by atoms with Crippen molar-refractivity contribution in [2.24, 2.45) is 0 Å². The highest BCUT2D eigenvalue weighted by Gasteiger charge is 2.22. The van der Waals surface area contributed by atoms with Gasteiger partial charge >= 0.3 is 0 Å². The summed E-state index contributed by atoms with van der Waals surface area (Å²) in [6, 6.07) is 10.4. The van der Waals surface area contributed by atoms with Gasteiger partial charge in [0.2, 0.25) is 0 Å². The molecule has 1 amide bonds. The van der Waals surface area contributed by atoms with Crippen molar-refractivity contribution < 1.29 is 4.79 Å². The van der Waals surface area contributed by atoms with Crippen LogP contribution in [0.25, 0.3) is 22.3 Å². The lowest BCUT2D eigenvalue weighted by Gasteiger charge is -2.22. The summed E-state index contributed by atoms with van der Waals surface area (Å²) in [5, 5.41) is 5.35. The van der Waals surface area contributed by atoms with Gasteiger partial charge in [0, 0.05) is 24.7 Å². The Labute approximate surface area is 167 Å². The molecule has 2 aromatic heterocycles. The average molecular weight is 379 g/mol. The molecule has 3 aromatic rings. The molecule has 2 heterocycles. The largest absolute Gasteiger partial charge is 0.339 e. The molecule has 0 aliphatic rings. The number of hydrogen-bond acceptors (Lipinski definition) is 3. The van der Waals surface area contributed by atoms with Gasteiger partial charge in [-0.05, 0) is 39.7 Å². The van der Waals surface area contributed by atoms with Gasteiger partial charge in [0.1, 0.15) is 0 Å². The van der Waals surface area contributed by atoms with Crippen molar-refractivity contribution >= 4 is 16.9 Å². The molecule has 0 fully saturated rings. The van der Waals surface area contributed by atoms with E-state index < -0.39 is 0 Å². The molecule has 0 aliphatic carbocycles. The maximum atomic E-state index is 13.4. The highest BCUT2D eigenvalue weighted by molar-refractivity contribution is 6.06. The van der Waals surface area contributed by atoms with Crippen molar-refractivity contribution in [2.45, 2.75) is 53.5 Å². The van der Waals surface area contributed by atoms with Crippen molar-refractivity contribution in [3.63, 3.8) is 0 Å². The number of pyridine rings is 1. The summed E-state index contributed by atoms with van der Waals surface area (Å²) >= 11 is 0. The normalized spacial score (nSPS) is 11.4. The highest BCUT2D eigenvalue weighted by atomic mass is 16.2. The van der Waals surface area contributed by atoms with Gasteiger partial charge in [0.25, 0.3) is 5.91 Å². The third-order valence-corrected chi connectivity index (χ3v) is 4.91. The molecule has 0 bridgehead atoms. The molecule has 0 saturated heterocycles. The third kappa shape index (κ3) is 3.93. The Hall–Kier alpha value is -2.69. The number of amides is 1. The summed E-state index contributed by atoms with van der Waals surface area (Å²) in [6.07, 6.45) is 3.66. The molecule has 0 atom stereocenters. The second kappa shape index (κ2) is 8.55. The van der Waals surface area contributed by atoms with Crippen molar-refractivity contribution in [3.8, 4) is 11.3 Å². The Kier molecular flexibility index (Phi) is 6.12. The molecule has 5 nitrogen and oxygen atoms in total. The van der Waals surface area contributed by atoms with E-state index in [-0.39, 0.29) is 11.9 Å². The molecule has 3 rings (SSSR count). The monoisotopic (exact) mass is 378 g/mol. The van der Waals surface area contributed by atoms with Crippen molar-refractivity contribution in [1.82, 2.24) is 19.7 Å². The van der Waals surface area contributed by atoms with Crippen LogP contribution in [0.5, 0.6) is 0 Å². The van der Waals surface area contributed by atoms with Crippen LogP contribution in [0.15, 0.2) is 36.5 Å². The molecule has 28 heavy (non-hydrogen) atoms. The minimum Gasteiger partial charge on any atom is -0.339 e. The summed E-state index contributed by atoms with van der Waals surface area (Å²) < 4.78 is 1.90. The Morgan fingerprint density at radius 3 is 2.32 bits per heavy atom. The zero-order valence-corrected chi connectivity index (χ0v) is 17.6. The Morgan fingerprint density at radius 2 is 1.75 bits per heavy atom.